The highest BCUT2D eigenvalue weighted by Gasteiger charge is 2.18. The van der Waals surface area contributed by atoms with E-state index in [2.05, 4.69) is 12.2 Å². The molecular formula is C15H22FNO2. The first kappa shape index (κ1) is 14.3. The third kappa shape index (κ3) is 4.18. The third-order valence-corrected chi connectivity index (χ3v) is 3.23. The van der Waals surface area contributed by atoms with Crippen LogP contribution < -0.4 is 10.1 Å². The van der Waals surface area contributed by atoms with E-state index >= 15 is 0 Å². The number of halogens is 1. The summed E-state index contributed by atoms with van der Waals surface area (Å²) in [5.41, 5.74) is 0.867. The SMILES string of the molecule is CCCNCc1cccc(F)c1OCC1CCCO1. The molecule has 1 fully saturated rings. The van der Waals surface area contributed by atoms with E-state index in [1.54, 1.807) is 6.07 Å². The van der Waals surface area contributed by atoms with Crippen LogP contribution >= 0.6 is 0 Å². The van der Waals surface area contributed by atoms with Crippen molar-refractivity contribution in [2.45, 2.75) is 38.8 Å². The van der Waals surface area contributed by atoms with Crippen LogP contribution in [0.25, 0.3) is 0 Å². The van der Waals surface area contributed by atoms with E-state index in [0.29, 0.717) is 18.9 Å². The number of nitrogens with one attached hydrogen (secondary N) is 1. The fourth-order valence-corrected chi connectivity index (χ4v) is 2.21. The summed E-state index contributed by atoms with van der Waals surface area (Å²) in [6.45, 7) is 4.87. The number of hydrogen-bond donors (Lipinski definition) is 1. The van der Waals surface area contributed by atoms with Gasteiger partial charge >= 0.3 is 0 Å². The van der Waals surface area contributed by atoms with Crippen molar-refractivity contribution in [1.29, 1.82) is 0 Å². The summed E-state index contributed by atoms with van der Waals surface area (Å²) >= 11 is 0. The molecule has 4 heteroatoms. The lowest BCUT2D eigenvalue weighted by Crippen LogP contribution is -2.19. The lowest BCUT2D eigenvalue weighted by Gasteiger charge is -2.15. The van der Waals surface area contributed by atoms with Crippen LogP contribution in [0.3, 0.4) is 0 Å². The maximum Gasteiger partial charge on any atom is 0.165 e. The Bertz CT molecular complexity index is 392. The van der Waals surface area contributed by atoms with E-state index < -0.39 is 0 Å². The fraction of sp³-hybridized carbons (Fsp3) is 0.600. The third-order valence-electron chi connectivity index (χ3n) is 3.23. The van der Waals surface area contributed by atoms with Crippen LogP contribution in [-0.4, -0.2) is 25.9 Å². The molecule has 0 aromatic heterocycles. The summed E-state index contributed by atoms with van der Waals surface area (Å²) in [4.78, 5) is 0. The van der Waals surface area contributed by atoms with Crippen LogP contribution in [0, 0.1) is 5.82 Å². The molecule has 19 heavy (non-hydrogen) atoms. The van der Waals surface area contributed by atoms with Gasteiger partial charge in [-0.05, 0) is 31.9 Å². The molecule has 3 nitrogen and oxygen atoms in total. The van der Waals surface area contributed by atoms with Crippen LogP contribution in [0.2, 0.25) is 0 Å². The number of hydrogen-bond acceptors (Lipinski definition) is 3. The highest BCUT2D eigenvalue weighted by Crippen LogP contribution is 2.24. The summed E-state index contributed by atoms with van der Waals surface area (Å²) in [5, 5.41) is 3.27. The molecule has 1 N–H and O–H groups in total. The van der Waals surface area contributed by atoms with Gasteiger partial charge in [-0.3, -0.25) is 0 Å². The number of para-hydroxylation sites is 1. The van der Waals surface area contributed by atoms with Gasteiger partial charge in [0.05, 0.1) is 6.10 Å². The average Bonchev–Trinajstić information content (AvgIpc) is 2.91. The van der Waals surface area contributed by atoms with Crippen LogP contribution in [0.15, 0.2) is 18.2 Å². The fourth-order valence-electron chi connectivity index (χ4n) is 2.21. The Kier molecular flexibility index (Phi) is 5.61. The second kappa shape index (κ2) is 7.46. The Morgan fingerprint density at radius 2 is 2.37 bits per heavy atom. The van der Waals surface area contributed by atoms with Crippen molar-refractivity contribution in [1.82, 2.24) is 5.32 Å². The lowest BCUT2D eigenvalue weighted by molar-refractivity contribution is 0.0661. The van der Waals surface area contributed by atoms with E-state index in [1.807, 2.05) is 6.07 Å². The Hall–Kier alpha value is -1.13. The van der Waals surface area contributed by atoms with Crippen molar-refractivity contribution in [2.75, 3.05) is 19.8 Å². The Morgan fingerprint density at radius 1 is 1.47 bits per heavy atom. The molecule has 1 atom stereocenters. The van der Waals surface area contributed by atoms with Crippen molar-refractivity contribution >= 4 is 0 Å². The van der Waals surface area contributed by atoms with E-state index in [4.69, 9.17) is 9.47 Å². The predicted molar refractivity (Wildman–Crippen MR) is 72.9 cm³/mol. The smallest absolute Gasteiger partial charge is 0.165 e. The summed E-state index contributed by atoms with van der Waals surface area (Å²) in [7, 11) is 0. The maximum atomic E-state index is 13.8. The quantitative estimate of drug-likeness (QED) is 0.771. The predicted octanol–water partition coefficient (Wildman–Crippen LogP) is 2.88. The molecule has 1 aromatic rings. The molecule has 0 aliphatic carbocycles. The Labute approximate surface area is 114 Å². The monoisotopic (exact) mass is 267 g/mol. The summed E-state index contributed by atoms with van der Waals surface area (Å²) in [6, 6.07) is 5.06. The molecule has 106 valence electrons. The first-order valence-corrected chi connectivity index (χ1v) is 7.03. The molecule has 0 spiro atoms. The molecule has 1 aromatic carbocycles. The van der Waals surface area contributed by atoms with E-state index in [9.17, 15) is 4.39 Å². The first-order chi connectivity index (χ1) is 9.31. The van der Waals surface area contributed by atoms with Crippen molar-refractivity contribution in [3.63, 3.8) is 0 Å². The van der Waals surface area contributed by atoms with Gasteiger partial charge in [0.2, 0.25) is 0 Å². The topological polar surface area (TPSA) is 30.5 Å². The van der Waals surface area contributed by atoms with Gasteiger partial charge in [0.25, 0.3) is 0 Å². The highest BCUT2D eigenvalue weighted by molar-refractivity contribution is 5.35. The van der Waals surface area contributed by atoms with Gasteiger partial charge in [-0.15, -0.1) is 0 Å². The number of benzene rings is 1. The summed E-state index contributed by atoms with van der Waals surface area (Å²) in [5.74, 6) is 0.0652. The molecule has 1 aliphatic rings. The van der Waals surface area contributed by atoms with Crippen LogP contribution in [0.5, 0.6) is 5.75 Å². The van der Waals surface area contributed by atoms with Crippen LogP contribution in [0.4, 0.5) is 4.39 Å². The van der Waals surface area contributed by atoms with Crippen LogP contribution in [0.1, 0.15) is 31.7 Å². The van der Waals surface area contributed by atoms with E-state index in [-0.39, 0.29) is 11.9 Å². The highest BCUT2D eigenvalue weighted by atomic mass is 19.1. The van der Waals surface area contributed by atoms with E-state index in [1.165, 1.54) is 6.07 Å². The van der Waals surface area contributed by atoms with Crippen molar-refractivity contribution in [3.05, 3.63) is 29.6 Å². The van der Waals surface area contributed by atoms with Gasteiger partial charge in [0.1, 0.15) is 6.61 Å². The molecule has 0 amide bonds. The van der Waals surface area contributed by atoms with Gasteiger partial charge < -0.3 is 14.8 Å². The molecule has 1 unspecified atom stereocenters. The van der Waals surface area contributed by atoms with Gasteiger partial charge in [-0.2, -0.15) is 0 Å². The molecule has 1 aliphatic heterocycles. The second-order valence-electron chi connectivity index (χ2n) is 4.85. The van der Waals surface area contributed by atoms with Crippen molar-refractivity contribution in [2.24, 2.45) is 0 Å². The van der Waals surface area contributed by atoms with Gasteiger partial charge in [0, 0.05) is 18.7 Å². The zero-order valence-electron chi connectivity index (χ0n) is 11.5. The maximum absolute atomic E-state index is 13.8. The number of rotatable bonds is 7. The van der Waals surface area contributed by atoms with Crippen molar-refractivity contribution in [3.8, 4) is 5.75 Å². The first-order valence-electron chi connectivity index (χ1n) is 7.03. The summed E-state index contributed by atoms with van der Waals surface area (Å²) < 4.78 is 25.0. The lowest BCUT2D eigenvalue weighted by atomic mass is 10.2. The molecule has 2 rings (SSSR count). The molecule has 0 bridgehead atoms. The largest absolute Gasteiger partial charge is 0.487 e. The molecular weight excluding hydrogens is 245 g/mol. The molecule has 1 saturated heterocycles. The minimum absolute atomic E-state index is 0.107. The molecule has 1 heterocycles. The Balaban J connectivity index is 1.95. The number of ether oxygens (including phenoxy) is 2. The second-order valence-corrected chi connectivity index (χ2v) is 4.85. The molecule has 0 radical (unpaired) electrons. The zero-order valence-corrected chi connectivity index (χ0v) is 11.5. The Morgan fingerprint density at radius 3 is 3.11 bits per heavy atom. The normalized spacial score (nSPS) is 18.7. The van der Waals surface area contributed by atoms with Gasteiger partial charge in [0.15, 0.2) is 11.6 Å². The van der Waals surface area contributed by atoms with Gasteiger partial charge in [-0.1, -0.05) is 19.1 Å². The van der Waals surface area contributed by atoms with Crippen LogP contribution in [-0.2, 0) is 11.3 Å². The van der Waals surface area contributed by atoms with E-state index in [0.717, 1.165) is 38.0 Å². The minimum Gasteiger partial charge on any atom is -0.487 e. The summed E-state index contributed by atoms with van der Waals surface area (Å²) in [6.07, 6.45) is 3.23. The van der Waals surface area contributed by atoms with Crippen molar-refractivity contribution < 1.29 is 13.9 Å². The average molecular weight is 267 g/mol. The zero-order chi connectivity index (χ0) is 13.5. The van der Waals surface area contributed by atoms with Gasteiger partial charge in [-0.25, -0.2) is 4.39 Å². The minimum atomic E-state index is -0.297. The molecule has 0 saturated carbocycles. The standard InChI is InChI=1S/C15H22FNO2/c1-2-8-17-10-12-5-3-7-14(16)15(12)19-11-13-6-4-9-18-13/h3,5,7,13,17H,2,4,6,8-11H2,1H3.